The van der Waals surface area contributed by atoms with Gasteiger partial charge in [0.05, 0.1) is 11.8 Å². The van der Waals surface area contributed by atoms with Gasteiger partial charge in [-0.3, -0.25) is 4.79 Å². The summed E-state index contributed by atoms with van der Waals surface area (Å²) in [5.41, 5.74) is 0.938. The van der Waals surface area contributed by atoms with Crippen LogP contribution < -0.4 is 9.47 Å². The van der Waals surface area contributed by atoms with Crippen molar-refractivity contribution in [1.29, 1.82) is 0 Å². The molecule has 19 heavy (non-hydrogen) atoms. The van der Waals surface area contributed by atoms with Crippen molar-refractivity contribution in [3.8, 4) is 11.5 Å². The van der Waals surface area contributed by atoms with Crippen molar-refractivity contribution >= 4 is 17.6 Å². The monoisotopic (exact) mass is 285 g/mol. The zero-order valence-electron chi connectivity index (χ0n) is 10.6. The topological polar surface area (TPSA) is 59.0 Å². The number of likely N-dealkylation sites (N-methyl/N-ethyl adjacent to an activating group) is 1. The van der Waals surface area contributed by atoms with E-state index in [1.165, 1.54) is 0 Å². The molecular weight excluding hydrogens is 270 g/mol. The third-order valence-electron chi connectivity index (χ3n) is 2.94. The fraction of sp³-hybridized carbons (Fsp3) is 0.462. The molecule has 0 saturated heterocycles. The average molecular weight is 286 g/mol. The van der Waals surface area contributed by atoms with Gasteiger partial charge < -0.3 is 19.5 Å². The zero-order chi connectivity index (χ0) is 13.8. The Morgan fingerprint density at radius 1 is 1.47 bits per heavy atom. The SMILES string of the molecule is CN(CCC(=O)O)CC(Cl)c1ccc2c(c1)OCO2. The minimum absolute atomic E-state index is 0.112. The molecule has 0 radical (unpaired) electrons. The van der Waals surface area contributed by atoms with Gasteiger partial charge in [0.1, 0.15) is 0 Å². The third-order valence-corrected chi connectivity index (χ3v) is 3.33. The Balaban J connectivity index is 1.92. The second kappa shape index (κ2) is 6.12. The van der Waals surface area contributed by atoms with Gasteiger partial charge >= 0.3 is 5.97 Å². The van der Waals surface area contributed by atoms with Crippen LogP contribution in [-0.4, -0.2) is 42.9 Å². The molecule has 0 spiro atoms. The van der Waals surface area contributed by atoms with Crippen molar-refractivity contribution in [1.82, 2.24) is 4.90 Å². The van der Waals surface area contributed by atoms with Gasteiger partial charge in [-0.2, -0.15) is 0 Å². The van der Waals surface area contributed by atoms with Crippen LogP contribution in [0.4, 0.5) is 0 Å². The summed E-state index contributed by atoms with van der Waals surface area (Å²) >= 11 is 6.33. The van der Waals surface area contributed by atoms with Crippen molar-refractivity contribution in [3.05, 3.63) is 23.8 Å². The van der Waals surface area contributed by atoms with Crippen molar-refractivity contribution in [2.75, 3.05) is 26.9 Å². The van der Waals surface area contributed by atoms with Gasteiger partial charge in [0.2, 0.25) is 6.79 Å². The molecule has 2 rings (SSSR count). The first kappa shape index (κ1) is 14.0. The predicted octanol–water partition coefficient (Wildman–Crippen LogP) is 2.10. The number of fused-ring (bicyclic) bond motifs is 1. The summed E-state index contributed by atoms with van der Waals surface area (Å²) in [6, 6.07) is 5.60. The molecule has 1 aliphatic rings. The number of aliphatic carboxylic acids is 1. The zero-order valence-corrected chi connectivity index (χ0v) is 11.4. The Morgan fingerprint density at radius 3 is 2.95 bits per heavy atom. The minimum Gasteiger partial charge on any atom is -0.481 e. The van der Waals surface area contributed by atoms with Gasteiger partial charge in [-0.15, -0.1) is 11.6 Å². The molecule has 0 aromatic heterocycles. The first-order valence-corrected chi connectivity index (χ1v) is 6.44. The summed E-state index contributed by atoms with van der Waals surface area (Å²) in [6.07, 6.45) is 0.112. The number of alkyl halides is 1. The molecule has 1 aromatic carbocycles. The van der Waals surface area contributed by atoms with E-state index in [1.807, 2.05) is 30.1 Å². The maximum atomic E-state index is 10.5. The summed E-state index contributed by atoms with van der Waals surface area (Å²) < 4.78 is 10.5. The maximum absolute atomic E-state index is 10.5. The summed E-state index contributed by atoms with van der Waals surface area (Å²) in [6.45, 7) is 1.29. The van der Waals surface area contributed by atoms with E-state index in [2.05, 4.69) is 0 Å². The predicted molar refractivity (Wildman–Crippen MR) is 70.9 cm³/mol. The van der Waals surface area contributed by atoms with Crippen molar-refractivity contribution in [2.24, 2.45) is 0 Å². The smallest absolute Gasteiger partial charge is 0.304 e. The molecule has 6 heteroatoms. The largest absolute Gasteiger partial charge is 0.481 e. The van der Waals surface area contributed by atoms with E-state index in [0.717, 1.165) is 11.3 Å². The van der Waals surface area contributed by atoms with Crippen LogP contribution in [0.5, 0.6) is 11.5 Å². The quantitative estimate of drug-likeness (QED) is 0.811. The number of hydrogen-bond donors (Lipinski definition) is 1. The molecule has 0 fully saturated rings. The van der Waals surface area contributed by atoms with E-state index >= 15 is 0 Å². The van der Waals surface area contributed by atoms with Crippen LogP contribution in [0.1, 0.15) is 17.4 Å². The molecule has 1 N–H and O–H groups in total. The lowest BCUT2D eigenvalue weighted by atomic mass is 10.1. The maximum Gasteiger partial charge on any atom is 0.304 e. The number of hydrogen-bond acceptors (Lipinski definition) is 4. The Labute approximate surface area is 116 Å². The van der Waals surface area contributed by atoms with Crippen LogP contribution in [0.2, 0.25) is 0 Å². The lowest BCUT2D eigenvalue weighted by Crippen LogP contribution is -2.25. The fourth-order valence-electron chi connectivity index (χ4n) is 1.86. The normalized spacial score (nSPS) is 14.7. The van der Waals surface area contributed by atoms with Crippen LogP contribution in [0.3, 0.4) is 0 Å². The Hall–Kier alpha value is -1.46. The van der Waals surface area contributed by atoms with Gasteiger partial charge in [0.15, 0.2) is 11.5 Å². The molecule has 0 amide bonds. The number of rotatable bonds is 6. The second-order valence-corrected chi connectivity index (χ2v) is 5.01. The minimum atomic E-state index is -0.805. The molecule has 0 aliphatic carbocycles. The molecule has 104 valence electrons. The highest BCUT2D eigenvalue weighted by Crippen LogP contribution is 2.35. The van der Waals surface area contributed by atoms with Crippen LogP contribution in [-0.2, 0) is 4.79 Å². The number of halogens is 1. The van der Waals surface area contributed by atoms with Gasteiger partial charge in [0.25, 0.3) is 0 Å². The average Bonchev–Trinajstić information content (AvgIpc) is 2.83. The van der Waals surface area contributed by atoms with Crippen LogP contribution in [0, 0.1) is 0 Å². The van der Waals surface area contributed by atoms with E-state index < -0.39 is 5.97 Å². The lowest BCUT2D eigenvalue weighted by Gasteiger charge is -2.19. The number of nitrogens with zero attached hydrogens (tertiary/aromatic N) is 1. The molecule has 0 saturated carbocycles. The second-order valence-electron chi connectivity index (χ2n) is 4.49. The number of benzene rings is 1. The highest BCUT2D eigenvalue weighted by molar-refractivity contribution is 6.21. The number of carboxylic acids is 1. The molecule has 1 unspecified atom stereocenters. The molecule has 1 heterocycles. The van der Waals surface area contributed by atoms with E-state index in [1.54, 1.807) is 0 Å². The standard InChI is InChI=1S/C13H16ClNO4/c1-15(5-4-13(16)17)7-10(14)9-2-3-11-12(6-9)19-8-18-11/h2-3,6,10H,4-5,7-8H2,1H3,(H,16,17). The summed E-state index contributed by atoms with van der Waals surface area (Å²) in [5.74, 6) is 0.629. The number of carboxylic acid groups (broad SMARTS) is 1. The molecule has 1 aliphatic heterocycles. The van der Waals surface area contributed by atoms with E-state index in [4.69, 9.17) is 26.2 Å². The van der Waals surface area contributed by atoms with E-state index in [0.29, 0.717) is 18.8 Å². The first-order chi connectivity index (χ1) is 9.06. The van der Waals surface area contributed by atoms with Gasteiger partial charge in [0, 0.05) is 13.1 Å². The van der Waals surface area contributed by atoms with Crippen LogP contribution in [0.25, 0.3) is 0 Å². The van der Waals surface area contributed by atoms with Crippen LogP contribution >= 0.6 is 11.6 Å². The van der Waals surface area contributed by atoms with Crippen LogP contribution in [0.15, 0.2) is 18.2 Å². The molecule has 1 aromatic rings. The lowest BCUT2D eigenvalue weighted by molar-refractivity contribution is -0.137. The van der Waals surface area contributed by atoms with Gasteiger partial charge in [-0.05, 0) is 24.7 Å². The van der Waals surface area contributed by atoms with Crippen molar-refractivity contribution in [3.63, 3.8) is 0 Å². The Kier molecular flexibility index (Phi) is 4.50. The molecule has 5 nitrogen and oxygen atoms in total. The van der Waals surface area contributed by atoms with Crippen molar-refractivity contribution in [2.45, 2.75) is 11.8 Å². The molecule has 1 atom stereocenters. The van der Waals surface area contributed by atoms with E-state index in [9.17, 15) is 4.79 Å². The first-order valence-electron chi connectivity index (χ1n) is 6.00. The highest BCUT2D eigenvalue weighted by atomic mass is 35.5. The van der Waals surface area contributed by atoms with E-state index in [-0.39, 0.29) is 18.6 Å². The van der Waals surface area contributed by atoms with Gasteiger partial charge in [-0.25, -0.2) is 0 Å². The fourth-order valence-corrected chi connectivity index (χ4v) is 2.24. The molecule has 0 bridgehead atoms. The third kappa shape index (κ3) is 3.75. The summed E-state index contributed by atoms with van der Waals surface area (Å²) in [7, 11) is 1.85. The van der Waals surface area contributed by atoms with Gasteiger partial charge in [-0.1, -0.05) is 6.07 Å². The Bertz CT molecular complexity index is 466. The molecular formula is C13H16ClNO4. The van der Waals surface area contributed by atoms with Crippen molar-refractivity contribution < 1.29 is 19.4 Å². The number of ether oxygens (including phenoxy) is 2. The highest BCUT2D eigenvalue weighted by Gasteiger charge is 2.17. The summed E-state index contributed by atoms with van der Waals surface area (Å²) in [4.78, 5) is 12.4. The Morgan fingerprint density at radius 2 is 2.21 bits per heavy atom. The summed E-state index contributed by atoms with van der Waals surface area (Å²) in [5, 5.41) is 8.41. The number of carbonyl (C=O) groups is 1.